The van der Waals surface area contributed by atoms with Gasteiger partial charge >= 0.3 is 5.97 Å². The molecule has 0 radical (unpaired) electrons. The van der Waals surface area contributed by atoms with E-state index < -0.39 is 5.97 Å². The van der Waals surface area contributed by atoms with Crippen molar-refractivity contribution in [3.63, 3.8) is 0 Å². The van der Waals surface area contributed by atoms with Crippen LogP contribution in [0, 0.1) is 25.6 Å². The zero-order valence-electron chi connectivity index (χ0n) is 21.1. The van der Waals surface area contributed by atoms with Crippen LogP contribution in [0.3, 0.4) is 0 Å². The Kier molecular flexibility index (Phi) is 6.15. The van der Waals surface area contributed by atoms with Crippen molar-refractivity contribution in [2.45, 2.75) is 57.7 Å². The zero-order chi connectivity index (χ0) is 25.7. The van der Waals surface area contributed by atoms with Crippen molar-refractivity contribution in [2.24, 2.45) is 5.92 Å². The van der Waals surface area contributed by atoms with Gasteiger partial charge < -0.3 is 19.3 Å². The third-order valence-electron chi connectivity index (χ3n) is 7.94. The van der Waals surface area contributed by atoms with Gasteiger partial charge in [0, 0.05) is 12.0 Å². The predicted octanol–water partition coefficient (Wildman–Crippen LogP) is 6.53. The Labute approximate surface area is 216 Å². The summed E-state index contributed by atoms with van der Waals surface area (Å²) in [4.78, 5) is 11.2. The number of benzene rings is 3. The molecule has 4 atom stereocenters. The normalized spacial score (nSPS) is 24.1. The second-order valence-electron chi connectivity index (χ2n) is 10.5. The Balaban J connectivity index is 1.24. The second-order valence-corrected chi connectivity index (χ2v) is 10.5. The highest BCUT2D eigenvalue weighted by Gasteiger charge is 2.44. The van der Waals surface area contributed by atoms with Gasteiger partial charge in [-0.05, 0) is 103 Å². The molecule has 0 bridgehead atoms. The van der Waals surface area contributed by atoms with E-state index in [1.54, 1.807) is 6.07 Å². The molecule has 3 aliphatic rings. The summed E-state index contributed by atoms with van der Waals surface area (Å²) in [7, 11) is 0. The summed E-state index contributed by atoms with van der Waals surface area (Å²) >= 11 is 0. The monoisotopic (exact) mass is 502 g/mol. The predicted molar refractivity (Wildman–Crippen MR) is 138 cm³/mol. The Morgan fingerprint density at radius 1 is 1.00 bits per heavy atom. The number of rotatable bonds is 7. The number of halogens is 1. The lowest BCUT2D eigenvalue weighted by Gasteiger charge is -2.20. The number of aryl methyl sites for hydroxylation is 2. The maximum Gasteiger partial charge on any atom is 0.307 e. The third-order valence-corrected chi connectivity index (χ3v) is 7.94. The molecule has 6 heteroatoms. The average Bonchev–Trinajstić information content (AvgIpc) is 3.30. The van der Waals surface area contributed by atoms with Crippen molar-refractivity contribution in [3.8, 4) is 22.6 Å². The van der Waals surface area contributed by atoms with E-state index in [-0.39, 0.29) is 29.9 Å². The van der Waals surface area contributed by atoms with Gasteiger partial charge in [0.2, 0.25) is 0 Å². The van der Waals surface area contributed by atoms with Crippen LogP contribution in [-0.4, -0.2) is 30.4 Å². The molecular weight excluding hydrogens is 471 g/mol. The van der Waals surface area contributed by atoms with Crippen LogP contribution < -0.4 is 9.47 Å². The molecule has 3 aromatic carbocycles. The molecule has 1 N–H and O–H groups in total. The van der Waals surface area contributed by atoms with E-state index in [2.05, 4.69) is 26.0 Å². The van der Waals surface area contributed by atoms with Gasteiger partial charge in [0.05, 0.1) is 19.1 Å². The molecule has 4 unspecified atom stereocenters. The number of fused-ring (bicyclic) bond motifs is 1. The minimum Gasteiger partial charge on any atom is -0.488 e. The van der Waals surface area contributed by atoms with Gasteiger partial charge in [-0.3, -0.25) is 4.79 Å². The third kappa shape index (κ3) is 4.59. The average molecular weight is 503 g/mol. The summed E-state index contributed by atoms with van der Waals surface area (Å²) in [5.41, 5.74) is 7.03. The first-order valence-electron chi connectivity index (χ1n) is 13.1. The second kappa shape index (κ2) is 9.49. The van der Waals surface area contributed by atoms with Gasteiger partial charge in [-0.2, -0.15) is 0 Å². The highest BCUT2D eigenvalue weighted by atomic mass is 19.1. The van der Waals surface area contributed by atoms with E-state index in [0.717, 1.165) is 58.6 Å². The summed E-state index contributed by atoms with van der Waals surface area (Å²) < 4.78 is 33.0. The lowest BCUT2D eigenvalue weighted by Crippen LogP contribution is -2.15. The van der Waals surface area contributed by atoms with E-state index >= 15 is 4.39 Å². The number of carboxylic acids is 1. The number of ether oxygens (including phenoxy) is 3. The van der Waals surface area contributed by atoms with E-state index in [4.69, 9.17) is 14.2 Å². The minimum atomic E-state index is -0.741. The lowest BCUT2D eigenvalue weighted by atomic mass is 9.90. The number of carbonyl (C=O) groups is 1. The van der Waals surface area contributed by atoms with Gasteiger partial charge in [-0.1, -0.05) is 18.2 Å². The van der Waals surface area contributed by atoms with Crippen molar-refractivity contribution in [2.75, 3.05) is 13.2 Å². The molecule has 37 heavy (non-hydrogen) atoms. The molecule has 0 spiro atoms. The molecule has 2 aliphatic carbocycles. The summed E-state index contributed by atoms with van der Waals surface area (Å²) in [6.45, 7) is 5.52. The van der Waals surface area contributed by atoms with Crippen LogP contribution in [-0.2, 0) is 16.0 Å². The van der Waals surface area contributed by atoms with Crippen molar-refractivity contribution in [1.29, 1.82) is 0 Å². The summed E-state index contributed by atoms with van der Waals surface area (Å²) in [6.07, 6.45) is 2.76. The molecule has 192 valence electrons. The largest absolute Gasteiger partial charge is 0.488 e. The van der Waals surface area contributed by atoms with Crippen molar-refractivity contribution in [1.82, 2.24) is 0 Å². The van der Waals surface area contributed by atoms with Crippen LogP contribution in [0.5, 0.6) is 11.5 Å². The Morgan fingerprint density at radius 3 is 2.41 bits per heavy atom. The first kappa shape index (κ1) is 24.0. The molecule has 1 aliphatic heterocycles. The molecule has 1 heterocycles. The first-order valence-corrected chi connectivity index (χ1v) is 13.1. The summed E-state index contributed by atoms with van der Waals surface area (Å²) in [5.74, 6) is 0.327. The van der Waals surface area contributed by atoms with Gasteiger partial charge in [0.25, 0.3) is 0 Å². The molecule has 1 saturated carbocycles. The van der Waals surface area contributed by atoms with Crippen molar-refractivity contribution < 1.29 is 28.5 Å². The molecule has 0 aromatic heterocycles. The van der Waals surface area contributed by atoms with Gasteiger partial charge in [0.1, 0.15) is 29.5 Å². The van der Waals surface area contributed by atoms with E-state index in [9.17, 15) is 9.90 Å². The Hall–Kier alpha value is -3.38. The summed E-state index contributed by atoms with van der Waals surface area (Å²) in [6, 6.07) is 15.2. The fraction of sp³-hybridized carbons (Fsp3) is 0.387. The number of carboxylic acid groups (broad SMARTS) is 1. The molecule has 1 saturated heterocycles. The van der Waals surface area contributed by atoms with Gasteiger partial charge in [0.15, 0.2) is 0 Å². The molecule has 3 aromatic rings. The fourth-order valence-electron chi connectivity index (χ4n) is 6.03. The van der Waals surface area contributed by atoms with Gasteiger partial charge in [-0.15, -0.1) is 0 Å². The van der Waals surface area contributed by atoms with Crippen molar-refractivity contribution in [3.05, 3.63) is 82.2 Å². The van der Waals surface area contributed by atoms with Crippen LogP contribution in [0.25, 0.3) is 11.1 Å². The standard InChI is InChI=1S/C31H31FO5/c1-17-13-22(36-21-11-12-35-16-21)14-18(2)29(17)23-7-9-27(32)30-24(23)8-10-28(30)37-20-5-3-19(4-6-20)25-15-26(25)31(33)34/h3-7,9,13-14,21,25-26,28H,8,10-12,15-16H2,1-2H3,(H,33,34). The molecular formula is C31H31FO5. The van der Waals surface area contributed by atoms with Crippen LogP contribution in [0.1, 0.15) is 59.1 Å². The molecule has 5 nitrogen and oxygen atoms in total. The summed E-state index contributed by atoms with van der Waals surface area (Å²) in [5, 5.41) is 9.19. The van der Waals surface area contributed by atoms with E-state index in [1.165, 1.54) is 0 Å². The Morgan fingerprint density at radius 2 is 1.76 bits per heavy atom. The molecule has 0 amide bonds. The maximum atomic E-state index is 15.2. The van der Waals surface area contributed by atoms with Crippen molar-refractivity contribution >= 4 is 5.97 Å². The molecule has 6 rings (SSSR count). The number of hydrogen-bond donors (Lipinski definition) is 1. The SMILES string of the molecule is Cc1cc(OC2CCOC2)cc(C)c1-c1ccc(F)c2c1CCC2Oc1ccc(C2CC2C(=O)O)cc1. The lowest BCUT2D eigenvalue weighted by molar-refractivity contribution is -0.138. The molecule has 2 fully saturated rings. The number of hydrogen-bond acceptors (Lipinski definition) is 4. The number of aliphatic carboxylic acids is 1. The highest BCUT2D eigenvalue weighted by Crippen LogP contribution is 2.48. The quantitative estimate of drug-likeness (QED) is 0.398. The van der Waals surface area contributed by atoms with Crippen LogP contribution in [0.2, 0.25) is 0 Å². The first-order chi connectivity index (χ1) is 17.9. The highest BCUT2D eigenvalue weighted by molar-refractivity contribution is 5.77. The smallest absolute Gasteiger partial charge is 0.307 e. The zero-order valence-corrected chi connectivity index (χ0v) is 21.1. The minimum absolute atomic E-state index is 0.0773. The van der Waals surface area contributed by atoms with Crippen LogP contribution in [0.4, 0.5) is 4.39 Å². The van der Waals surface area contributed by atoms with Crippen LogP contribution in [0.15, 0.2) is 48.5 Å². The Bertz CT molecular complexity index is 1320. The van der Waals surface area contributed by atoms with E-state index in [1.807, 2.05) is 30.3 Å². The fourth-order valence-corrected chi connectivity index (χ4v) is 6.03. The maximum absolute atomic E-state index is 15.2. The van der Waals surface area contributed by atoms with Gasteiger partial charge in [-0.25, -0.2) is 4.39 Å². The topological polar surface area (TPSA) is 65.0 Å². The van der Waals surface area contributed by atoms with Crippen LogP contribution >= 0.6 is 0 Å². The van der Waals surface area contributed by atoms with E-state index in [0.29, 0.717) is 30.8 Å².